The maximum absolute atomic E-state index is 13.2. The van der Waals surface area contributed by atoms with Gasteiger partial charge in [-0.1, -0.05) is 29.8 Å². The maximum atomic E-state index is 13.2. The van der Waals surface area contributed by atoms with Crippen LogP contribution in [0.15, 0.2) is 22.7 Å². The summed E-state index contributed by atoms with van der Waals surface area (Å²) in [7, 11) is 0. The number of hydrogen-bond acceptors (Lipinski definition) is 3. The second-order valence-corrected chi connectivity index (χ2v) is 5.47. The monoisotopic (exact) mass is 331 g/mol. The highest BCUT2D eigenvalue weighted by atomic mass is 79.9. The largest absolute Gasteiger partial charge is 0.304 e. The molecular formula is C14H23BrFN3. The lowest BCUT2D eigenvalue weighted by atomic mass is 10.0. The second kappa shape index (κ2) is 8.64. The Labute approximate surface area is 123 Å². The average Bonchev–Trinajstić information content (AvgIpc) is 2.42. The number of hydrazine groups is 1. The minimum absolute atomic E-state index is 0.152. The zero-order valence-electron chi connectivity index (χ0n) is 11.6. The van der Waals surface area contributed by atoms with Crippen LogP contribution in [0.4, 0.5) is 4.39 Å². The molecule has 0 aliphatic rings. The van der Waals surface area contributed by atoms with Crippen molar-refractivity contribution in [1.82, 2.24) is 10.3 Å². The standard InChI is InChI=1S/C14H23BrFN3/c1-3-19(4-2)8-7-13(18-17)10-11-9-12(16)5-6-14(11)15/h5-6,9,13,18H,3-4,7-8,10,17H2,1-2H3. The number of nitrogens with one attached hydrogen (secondary N) is 1. The van der Waals surface area contributed by atoms with E-state index < -0.39 is 0 Å². The van der Waals surface area contributed by atoms with Gasteiger partial charge in [0, 0.05) is 10.5 Å². The Balaban J connectivity index is 2.58. The van der Waals surface area contributed by atoms with E-state index in [4.69, 9.17) is 5.84 Å². The second-order valence-electron chi connectivity index (χ2n) is 4.62. The first-order valence-corrected chi connectivity index (χ1v) is 7.52. The van der Waals surface area contributed by atoms with Crippen molar-refractivity contribution in [3.05, 3.63) is 34.1 Å². The van der Waals surface area contributed by atoms with Crippen molar-refractivity contribution in [3.63, 3.8) is 0 Å². The van der Waals surface area contributed by atoms with Crippen molar-refractivity contribution in [2.24, 2.45) is 5.84 Å². The molecule has 1 atom stereocenters. The van der Waals surface area contributed by atoms with Crippen LogP contribution in [0, 0.1) is 5.82 Å². The molecule has 0 heterocycles. The molecule has 108 valence electrons. The van der Waals surface area contributed by atoms with Crippen LogP contribution in [0.25, 0.3) is 0 Å². The fourth-order valence-electron chi connectivity index (χ4n) is 2.09. The summed E-state index contributed by atoms with van der Waals surface area (Å²) in [5, 5.41) is 0. The van der Waals surface area contributed by atoms with Crippen molar-refractivity contribution in [2.75, 3.05) is 19.6 Å². The van der Waals surface area contributed by atoms with Crippen LogP contribution in [-0.4, -0.2) is 30.6 Å². The lowest BCUT2D eigenvalue weighted by Crippen LogP contribution is -2.39. The van der Waals surface area contributed by atoms with Crippen LogP contribution in [0.5, 0.6) is 0 Å². The number of nitrogens with zero attached hydrogens (tertiary/aromatic N) is 1. The van der Waals surface area contributed by atoms with E-state index in [0.29, 0.717) is 0 Å². The van der Waals surface area contributed by atoms with Gasteiger partial charge in [-0.15, -0.1) is 0 Å². The predicted octanol–water partition coefficient (Wildman–Crippen LogP) is 2.69. The quantitative estimate of drug-likeness (QED) is 0.568. The van der Waals surface area contributed by atoms with Gasteiger partial charge in [-0.2, -0.15) is 0 Å². The van der Waals surface area contributed by atoms with Crippen LogP contribution in [0.3, 0.4) is 0 Å². The van der Waals surface area contributed by atoms with Gasteiger partial charge in [-0.25, -0.2) is 4.39 Å². The third-order valence-electron chi connectivity index (χ3n) is 3.40. The molecule has 0 saturated heterocycles. The highest BCUT2D eigenvalue weighted by molar-refractivity contribution is 9.10. The topological polar surface area (TPSA) is 41.3 Å². The fraction of sp³-hybridized carbons (Fsp3) is 0.571. The highest BCUT2D eigenvalue weighted by Gasteiger charge is 2.12. The van der Waals surface area contributed by atoms with Gasteiger partial charge in [-0.3, -0.25) is 11.3 Å². The van der Waals surface area contributed by atoms with E-state index in [1.54, 1.807) is 12.1 Å². The third kappa shape index (κ3) is 5.57. The van der Waals surface area contributed by atoms with Gasteiger partial charge in [0.15, 0.2) is 0 Å². The molecular weight excluding hydrogens is 309 g/mol. The molecule has 0 aliphatic heterocycles. The first kappa shape index (κ1) is 16.6. The van der Waals surface area contributed by atoms with Gasteiger partial charge >= 0.3 is 0 Å². The van der Waals surface area contributed by atoms with Gasteiger partial charge in [-0.05, 0) is 56.2 Å². The molecule has 5 heteroatoms. The van der Waals surface area contributed by atoms with Crippen LogP contribution < -0.4 is 11.3 Å². The normalized spacial score (nSPS) is 12.9. The van der Waals surface area contributed by atoms with E-state index in [0.717, 1.165) is 42.5 Å². The van der Waals surface area contributed by atoms with Gasteiger partial charge < -0.3 is 4.90 Å². The summed E-state index contributed by atoms with van der Waals surface area (Å²) < 4.78 is 14.2. The van der Waals surface area contributed by atoms with Crippen molar-refractivity contribution >= 4 is 15.9 Å². The average molecular weight is 332 g/mol. The SMILES string of the molecule is CCN(CC)CCC(Cc1cc(F)ccc1Br)NN. The van der Waals surface area contributed by atoms with E-state index >= 15 is 0 Å². The Morgan fingerprint density at radius 3 is 2.63 bits per heavy atom. The lowest BCUT2D eigenvalue weighted by Gasteiger charge is -2.22. The molecule has 3 N–H and O–H groups in total. The molecule has 1 aromatic rings. The highest BCUT2D eigenvalue weighted by Crippen LogP contribution is 2.20. The number of rotatable bonds is 8. The molecule has 0 radical (unpaired) electrons. The molecule has 0 saturated carbocycles. The number of hydrogen-bond donors (Lipinski definition) is 2. The lowest BCUT2D eigenvalue weighted by molar-refractivity contribution is 0.280. The number of halogens is 2. The Kier molecular flexibility index (Phi) is 7.53. The van der Waals surface area contributed by atoms with Crippen molar-refractivity contribution in [3.8, 4) is 0 Å². The van der Waals surface area contributed by atoms with Gasteiger partial charge in [0.25, 0.3) is 0 Å². The van der Waals surface area contributed by atoms with E-state index in [1.165, 1.54) is 6.07 Å². The van der Waals surface area contributed by atoms with Gasteiger partial charge in [0.05, 0.1) is 0 Å². The van der Waals surface area contributed by atoms with E-state index in [1.807, 2.05) is 0 Å². The first-order valence-electron chi connectivity index (χ1n) is 6.73. The Morgan fingerprint density at radius 1 is 1.37 bits per heavy atom. The molecule has 0 fully saturated rings. The van der Waals surface area contributed by atoms with E-state index in [-0.39, 0.29) is 11.9 Å². The molecule has 19 heavy (non-hydrogen) atoms. The van der Waals surface area contributed by atoms with E-state index in [9.17, 15) is 4.39 Å². The Morgan fingerprint density at radius 2 is 2.05 bits per heavy atom. The van der Waals surface area contributed by atoms with Crippen LogP contribution in [-0.2, 0) is 6.42 Å². The van der Waals surface area contributed by atoms with Gasteiger partial charge in [0.1, 0.15) is 5.82 Å². The summed E-state index contributed by atoms with van der Waals surface area (Å²) in [4.78, 5) is 2.35. The van der Waals surface area contributed by atoms with Crippen LogP contribution in [0.1, 0.15) is 25.8 Å². The fourth-order valence-corrected chi connectivity index (χ4v) is 2.50. The molecule has 1 aromatic carbocycles. The van der Waals surface area contributed by atoms with Gasteiger partial charge in [0.2, 0.25) is 0 Å². The smallest absolute Gasteiger partial charge is 0.123 e. The minimum atomic E-state index is -0.210. The molecule has 3 nitrogen and oxygen atoms in total. The van der Waals surface area contributed by atoms with E-state index in [2.05, 4.69) is 40.1 Å². The summed E-state index contributed by atoms with van der Waals surface area (Å²) in [6.45, 7) is 7.37. The minimum Gasteiger partial charge on any atom is -0.304 e. The van der Waals surface area contributed by atoms with Crippen molar-refractivity contribution < 1.29 is 4.39 Å². The van der Waals surface area contributed by atoms with Crippen LogP contribution in [0.2, 0.25) is 0 Å². The summed E-state index contributed by atoms with van der Waals surface area (Å²) in [5.41, 5.74) is 3.78. The molecule has 1 rings (SSSR count). The zero-order chi connectivity index (χ0) is 14.3. The van der Waals surface area contributed by atoms with Crippen LogP contribution >= 0.6 is 15.9 Å². The Bertz CT molecular complexity index is 383. The first-order chi connectivity index (χ1) is 9.10. The number of nitrogens with two attached hydrogens (primary N) is 1. The molecule has 0 aromatic heterocycles. The molecule has 0 spiro atoms. The summed E-state index contributed by atoms with van der Waals surface area (Å²) in [5.74, 6) is 5.39. The predicted molar refractivity (Wildman–Crippen MR) is 81.3 cm³/mol. The summed E-state index contributed by atoms with van der Waals surface area (Å²) >= 11 is 3.45. The summed E-state index contributed by atoms with van der Waals surface area (Å²) in [6, 6.07) is 4.90. The maximum Gasteiger partial charge on any atom is 0.123 e. The zero-order valence-corrected chi connectivity index (χ0v) is 13.2. The third-order valence-corrected chi connectivity index (χ3v) is 4.17. The molecule has 0 amide bonds. The molecule has 0 bridgehead atoms. The van der Waals surface area contributed by atoms with Crippen molar-refractivity contribution in [2.45, 2.75) is 32.7 Å². The number of benzene rings is 1. The molecule has 1 unspecified atom stereocenters. The molecule has 0 aliphatic carbocycles. The Hall–Kier alpha value is -0.490. The van der Waals surface area contributed by atoms with Crippen molar-refractivity contribution in [1.29, 1.82) is 0 Å². The summed E-state index contributed by atoms with van der Waals surface area (Å²) in [6.07, 6.45) is 1.66.